The molecule has 0 radical (unpaired) electrons. The van der Waals surface area contributed by atoms with Crippen LogP contribution in [0, 0.1) is 11.8 Å². The average Bonchev–Trinajstić information content (AvgIpc) is 2.13. The quantitative estimate of drug-likeness (QED) is 0.714. The Morgan fingerprint density at radius 2 is 1.94 bits per heavy atom. The number of rotatable bonds is 6. The highest BCUT2D eigenvalue weighted by molar-refractivity contribution is 5.70. The van der Waals surface area contributed by atoms with E-state index < -0.39 is 5.60 Å². The molecule has 0 bridgehead atoms. The molecule has 0 amide bonds. The van der Waals surface area contributed by atoms with Gasteiger partial charge in [0.15, 0.2) is 0 Å². The van der Waals surface area contributed by atoms with Crippen LogP contribution < -0.4 is 0 Å². The maximum absolute atomic E-state index is 11.6. The summed E-state index contributed by atoms with van der Waals surface area (Å²) in [6.45, 7) is 9.88. The van der Waals surface area contributed by atoms with Gasteiger partial charge in [0.2, 0.25) is 0 Å². The number of carbonyl (C=O) groups is 1. The molecule has 0 aliphatic heterocycles. The molecule has 0 spiro atoms. The third kappa shape index (κ3) is 7.69. The third-order valence-electron chi connectivity index (χ3n) is 2.57. The fraction of sp³-hybridized carbons (Fsp3) is 0.923. The summed E-state index contributed by atoms with van der Waals surface area (Å²) in [4.78, 5) is 11.6. The van der Waals surface area contributed by atoms with Gasteiger partial charge in [0.05, 0.1) is 6.42 Å². The van der Waals surface area contributed by atoms with Crippen LogP contribution in [0.1, 0.15) is 53.9 Å². The molecule has 1 N–H and O–H groups in total. The van der Waals surface area contributed by atoms with E-state index in [1.165, 1.54) is 0 Å². The summed E-state index contributed by atoms with van der Waals surface area (Å²) < 4.78 is 5.24. The smallest absolute Gasteiger partial charge is 0.306 e. The Hall–Kier alpha value is -0.570. The SMILES string of the molecule is CC[C@@H](C)C[C@H](CO)CC(=O)OC(C)(C)C. The van der Waals surface area contributed by atoms with Crippen molar-refractivity contribution in [3.63, 3.8) is 0 Å². The van der Waals surface area contributed by atoms with Crippen molar-refractivity contribution in [2.45, 2.75) is 59.5 Å². The Morgan fingerprint density at radius 1 is 1.38 bits per heavy atom. The van der Waals surface area contributed by atoms with Crippen LogP contribution in [0.4, 0.5) is 0 Å². The minimum Gasteiger partial charge on any atom is -0.460 e. The molecule has 0 aliphatic rings. The van der Waals surface area contributed by atoms with Crippen LogP contribution in [0.25, 0.3) is 0 Å². The van der Waals surface area contributed by atoms with Crippen molar-refractivity contribution in [1.29, 1.82) is 0 Å². The number of aliphatic hydroxyl groups excluding tert-OH is 1. The van der Waals surface area contributed by atoms with E-state index in [0.29, 0.717) is 12.3 Å². The van der Waals surface area contributed by atoms with Crippen molar-refractivity contribution in [2.75, 3.05) is 6.61 Å². The number of esters is 1. The summed E-state index contributed by atoms with van der Waals surface area (Å²) in [5.74, 6) is 0.360. The molecular weight excluding hydrogens is 204 g/mol. The monoisotopic (exact) mass is 230 g/mol. The zero-order chi connectivity index (χ0) is 12.8. The van der Waals surface area contributed by atoms with Crippen molar-refractivity contribution < 1.29 is 14.6 Å². The summed E-state index contributed by atoms with van der Waals surface area (Å²) in [5.41, 5.74) is -0.437. The molecule has 0 rings (SSSR count). The van der Waals surface area contributed by atoms with Crippen molar-refractivity contribution in [2.24, 2.45) is 11.8 Å². The first kappa shape index (κ1) is 15.4. The van der Waals surface area contributed by atoms with Crippen molar-refractivity contribution in [3.8, 4) is 0 Å². The van der Waals surface area contributed by atoms with Gasteiger partial charge >= 0.3 is 5.97 Å². The molecule has 0 saturated heterocycles. The number of carbonyl (C=O) groups excluding carboxylic acids is 1. The third-order valence-corrected chi connectivity index (χ3v) is 2.57. The van der Waals surface area contributed by atoms with Gasteiger partial charge in [0.25, 0.3) is 0 Å². The van der Waals surface area contributed by atoms with Crippen LogP contribution >= 0.6 is 0 Å². The van der Waals surface area contributed by atoms with Gasteiger partial charge in [-0.25, -0.2) is 0 Å². The van der Waals surface area contributed by atoms with Crippen LogP contribution in [0.3, 0.4) is 0 Å². The summed E-state index contributed by atoms with van der Waals surface area (Å²) in [6, 6.07) is 0. The van der Waals surface area contributed by atoms with Gasteiger partial charge in [-0.3, -0.25) is 4.79 Å². The molecule has 0 heterocycles. The average molecular weight is 230 g/mol. The van der Waals surface area contributed by atoms with E-state index in [-0.39, 0.29) is 18.5 Å². The maximum Gasteiger partial charge on any atom is 0.306 e. The van der Waals surface area contributed by atoms with Gasteiger partial charge in [0, 0.05) is 6.61 Å². The second-order valence-electron chi connectivity index (χ2n) is 5.59. The Bertz CT molecular complexity index is 206. The van der Waals surface area contributed by atoms with Gasteiger partial charge in [-0.1, -0.05) is 20.3 Å². The highest BCUT2D eigenvalue weighted by atomic mass is 16.6. The lowest BCUT2D eigenvalue weighted by molar-refractivity contribution is -0.156. The fourth-order valence-corrected chi connectivity index (χ4v) is 1.58. The van der Waals surface area contributed by atoms with E-state index >= 15 is 0 Å². The summed E-state index contributed by atoms with van der Waals surface area (Å²) >= 11 is 0. The minimum absolute atomic E-state index is 0.0322. The number of hydrogen-bond donors (Lipinski definition) is 1. The molecule has 0 saturated carbocycles. The molecule has 0 aliphatic carbocycles. The molecule has 96 valence electrons. The standard InChI is InChI=1S/C13H26O3/c1-6-10(2)7-11(9-14)8-12(15)16-13(3,4)5/h10-11,14H,6-9H2,1-5H3/t10-,11+/m1/s1. The second kappa shape index (κ2) is 6.89. The van der Waals surface area contributed by atoms with Gasteiger partial charge in [0.1, 0.15) is 5.60 Å². The van der Waals surface area contributed by atoms with E-state index in [9.17, 15) is 9.90 Å². The van der Waals surface area contributed by atoms with Crippen molar-refractivity contribution >= 4 is 5.97 Å². The van der Waals surface area contributed by atoms with Crippen molar-refractivity contribution in [1.82, 2.24) is 0 Å². The van der Waals surface area contributed by atoms with Crippen LogP contribution in [-0.4, -0.2) is 23.3 Å². The molecule has 3 nitrogen and oxygen atoms in total. The summed E-state index contributed by atoms with van der Waals surface area (Å²) in [6.07, 6.45) is 2.27. The lowest BCUT2D eigenvalue weighted by Gasteiger charge is -2.22. The molecule has 0 aromatic carbocycles. The Balaban J connectivity index is 4.07. The topological polar surface area (TPSA) is 46.5 Å². The Morgan fingerprint density at radius 3 is 2.31 bits per heavy atom. The van der Waals surface area contributed by atoms with Gasteiger partial charge in [-0.15, -0.1) is 0 Å². The maximum atomic E-state index is 11.6. The molecule has 2 atom stereocenters. The van der Waals surface area contributed by atoms with Crippen LogP contribution in [0.2, 0.25) is 0 Å². The molecule has 0 fully saturated rings. The van der Waals surface area contributed by atoms with Gasteiger partial charge in [-0.05, 0) is 39.0 Å². The highest BCUT2D eigenvalue weighted by Gasteiger charge is 2.21. The highest BCUT2D eigenvalue weighted by Crippen LogP contribution is 2.19. The van der Waals surface area contributed by atoms with E-state index in [0.717, 1.165) is 12.8 Å². The molecule has 0 unspecified atom stereocenters. The predicted molar refractivity (Wildman–Crippen MR) is 65.1 cm³/mol. The van der Waals surface area contributed by atoms with Crippen LogP contribution in [0.5, 0.6) is 0 Å². The van der Waals surface area contributed by atoms with Crippen LogP contribution in [0.15, 0.2) is 0 Å². The molecule has 0 aromatic heterocycles. The number of aliphatic hydroxyl groups is 1. The number of hydrogen-bond acceptors (Lipinski definition) is 3. The van der Waals surface area contributed by atoms with E-state index in [2.05, 4.69) is 13.8 Å². The van der Waals surface area contributed by atoms with E-state index in [1.807, 2.05) is 20.8 Å². The second-order valence-corrected chi connectivity index (χ2v) is 5.59. The Labute approximate surface area is 99.2 Å². The van der Waals surface area contributed by atoms with E-state index in [4.69, 9.17) is 4.74 Å². The first-order valence-corrected chi connectivity index (χ1v) is 6.11. The molecule has 16 heavy (non-hydrogen) atoms. The first-order valence-electron chi connectivity index (χ1n) is 6.11. The van der Waals surface area contributed by atoms with Crippen LogP contribution in [-0.2, 0) is 9.53 Å². The lowest BCUT2D eigenvalue weighted by Crippen LogP contribution is -2.26. The lowest BCUT2D eigenvalue weighted by atomic mass is 9.92. The molecule has 3 heteroatoms. The molecule has 0 aromatic rings. The van der Waals surface area contributed by atoms with Gasteiger partial charge in [-0.2, -0.15) is 0 Å². The summed E-state index contributed by atoms with van der Waals surface area (Å²) in [7, 11) is 0. The first-order chi connectivity index (χ1) is 7.28. The normalized spacial score (nSPS) is 15.6. The van der Waals surface area contributed by atoms with Gasteiger partial charge < -0.3 is 9.84 Å². The number of ether oxygens (including phenoxy) is 1. The zero-order valence-corrected chi connectivity index (χ0v) is 11.2. The summed E-state index contributed by atoms with van der Waals surface area (Å²) in [5, 5.41) is 9.21. The zero-order valence-electron chi connectivity index (χ0n) is 11.2. The van der Waals surface area contributed by atoms with E-state index in [1.54, 1.807) is 0 Å². The molecular formula is C13H26O3. The largest absolute Gasteiger partial charge is 0.460 e. The Kier molecular flexibility index (Phi) is 6.65. The predicted octanol–water partition coefficient (Wildman–Crippen LogP) is 2.76. The van der Waals surface area contributed by atoms with Crippen molar-refractivity contribution in [3.05, 3.63) is 0 Å². The minimum atomic E-state index is -0.437. The fourth-order valence-electron chi connectivity index (χ4n) is 1.58.